The lowest BCUT2D eigenvalue weighted by molar-refractivity contribution is -0.121. The molecule has 0 atom stereocenters. The monoisotopic (exact) mass is 252 g/mol. The van der Waals surface area contributed by atoms with Gasteiger partial charge < -0.3 is 5.32 Å². The largest absolute Gasteiger partial charge is 0.316 e. The second-order valence-corrected chi connectivity index (χ2v) is 5.15. The number of carbonyl (C=O) groups excluding carboxylic acids is 1. The summed E-state index contributed by atoms with van der Waals surface area (Å²) < 4.78 is 1.86. The molecule has 0 radical (unpaired) electrons. The van der Waals surface area contributed by atoms with E-state index in [1.807, 2.05) is 24.7 Å². The van der Waals surface area contributed by atoms with Crippen molar-refractivity contribution in [3.63, 3.8) is 0 Å². The summed E-state index contributed by atoms with van der Waals surface area (Å²) in [6.07, 6.45) is 3.44. The molecule has 0 saturated carbocycles. The molecule has 0 amide bonds. The van der Waals surface area contributed by atoms with Gasteiger partial charge in [-0.25, -0.2) is 4.68 Å². The summed E-state index contributed by atoms with van der Waals surface area (Å²) in [5.74, 6) is 0.450. The molecule has 1 rings (SSSR count). The van der Waals surface area contributed by atoms with Crippen molar-refractivity contribution in [1.29, 1.82) is 0 Å². The Morgan fingerprint density at radius 3 is 2.61 bits per heavy atom. The Hall–Kier alpha value is -1.23. The first kappa shape index (κ1) is 14.8. The highest BCUT2D eigenvalue weighted by Gasteiger charge is 2.06. The van der Waals surface area contributed by atoms with Crippen LogP contribution in [0.1, 0.15) is 45.9 Å². The van der Waals surface area contributed by atoms with Gasteiger partial charge in [0.1, 0.15) is 5.78 Å². The summed E-state index contributed by atoms with van der Waals surface area (Å²) in [4.78, 5) is 11.4. The Labute approximate surface area is 109 Å². The predicted molar refractivity (Wildman–Crippen MR) is 71.4 cm³/mol. The van der Waals surface area contributed by atoms with E-state index in [9.17, 15) is 4.79 Å². The van der Waals surface area contributed by atoms with Gasteiger partial charge in [0, 0.05) is 44.1 Å². The van der Waals surface area contributed by atoms with Crippen LogP contribution in [0.25, 0.3) is 0 Å². The quantitative estimate of drug-likeness (QED) is 0.714. The van der Waals surface area contributed by atoms with E-state index in [2.05, 4.69) is 29.5 Å². The third kappa shape index (κ3) is 4.96. The van der Waals surface area contributed by atoms with E-state index in [4.69, 9.17) is 0 Å². The van der Waals surface area contributed by atoms with Crippen molar-refractivity contribution in [2.75, 3.05) is 13.1 Å². The van der Waals surface area contributed by atoms with Crippen LogP contribution in [-0.2, 0) is 11.2 Å². The van der Waals surface area contributed by atoms with Crippen molar-refractivity contribution in [2.45, 2.75) is 46.6 Å². The van der Waals surface area contributed by atoms with E-state index >= 15 is 0 Å². The molecule has 0 bridgehead atoms. The third-order valence-electron chi connectivity index (χ3n) is 2.84. The zero-order valence-corrected chi connectivity index (χ0v) is 11.8. The molecule has 0 saturated heterocycles. The number of rotatable bonds is 8. The highest BCUT2D eigenvalue weighted by atomic mass is 16.1. The number of aromatic nitrogens is 3. The van der Waals surface area contributed by atoms with E-state index in [1.165, 1.54) is 0 Å². The topological polar surface area (TPSA) is 59.8 Å². The fourth-order valence-electron chi connectivity index (χ4n) is 1.52. The standard InChI is InChI=1S/C13H24N4O/c1-10(2)13(18)6-8-14-7-5-12-9-17(11(3)4)16-15-12/h9-11,14H,5-8H2,1-4H3. The molecule has 5 nitrogen and oxygen atoms in total. The molecule has 1 heterocycles. The predicted octanol–water partition coefficient (Wildman–Crippen LogP) is 1.61. The molecule has 0 fully saturated rings. The van der Waals surface area contributed by atoms with Crippen LogP contribution in [0.5, 0.6) is 0 Å². The first-order valence-electron chi connectivity index (χ1n) is 6.65. The molecule has 5 heteroatoms. The highest BCUT2D eigenvalue weighted by Crippen LogP contribution is 2.02. The van der Waals surface area contributed by atoms with Crippen molar-refractivity contribution >= 4 is 5.78 Å². The fraction of sp³-hybridized carbons (Fsp3) is 0.769. The molecule has 0 aromatic carbocycles. The summed E-state index contributed by atoms with van der Waals surface area (Å²) in [7, 11) is 0. The molecule has 0 unspecified atom stereocenters. The van der Waals surface area contributed by atoms with Crippen LogP contribution in [-0.4, -0.2) is 33.9 Å². The lowest BCUT2D eigenvalue weighted by Gasteiger charge is -2.05. The lowest BCUT2D eigenvalue weighted by atomic mass is 10.1. The van der Waals surface area contributed by atoms with E-state index < -0.39 is 0 Å². The Bertz CT molecular complexity index is 371. The van der Waals surface area contributed by atoms with Crippen molar-refractivity contribution in [2.24, 2.45) is 5.92 Å². The first-order chi connectivity index (χ1) is 8.50. The Balaban J connectivity index is 2.16. The number of nitrogens with zero attached hydrogens (tertiary/aromatic N) is 3. The van der Waals surface area contributed by atoms with Crippen molar-refractivity contribution < 1.29 is 4.79 Å². The maximum atomic E-state index is 11.4. The summed E-state index contributed by atoms with van der Waals surface area (Å²) in [6.45, 7) is 9.61. The molecule has 0 aliphatic rings. The zero-order chi connectivity index (χ0) is 13.5. The lowest BCUT2D eigenvalue weighted by Crippen LogP contribution is -2.22. The van der Waals surface area contributed by atoms with Crippen LogP contribution in [0.3, 0.4) is 0 Å². The number of nitrogens with one attached hydrogen (secondary N) is 1. The van der Waals surface area contributed by atoms with Gasteiger partial charge in [0.05, 0.1) is 5.69 Å². The minimum Gasteiger partial charge on any atom is -0.316 e. The van der Waals surface area contributed by atoms with Gasteiger partial charge in [0.2, 0.25) is 0 Å². The first-order valence-corrected chi connectivity index (χ1v) is 6.65. The number of ketones is 1. The average Bonchev–Trinajstić information content (AvgIpc) is 2.77. The van der Waals surface area contributed by atoms with Crippen molar-refractivity contribution in [3.05, 3.63) is 11.9 Å². The molecular weight excluding hydrogens is 228 g/mol. The molecule has 1 aromatic rings. The molecule has 0 aliphatic carbocycles. The van der Waals surface area contributed by atoms with Gasteiger partial charge in [-0.2, -0.15) is 0 Å². The Morgan fingerprint density at radius 2 is 2.06 bits per heavy atom. The summed E-state index contributed by atoms with van der Waals surface area (Å²) in [5, 5.41) is 11.4. The SMILES string of the molecule is CC(C)C(=O)CCNCCc1cn(C(C)C)nn1. The minimum atomic E-state index is 0.137. The zero-order valence-electron chi connectivity index (χ0n) is 11.8. The van der Waals surface area contributed by atoms with Gasteiger partial charge in [-0.1, -0.05) is 19.1 Å². The van der Waals surface area contributed by atoms with Gasteiger partial charge in [-0.05, 0) is 13.8 Å². The Morgan fingerprint density at radius 1 is 1.33 bits per heavy atom. The second kappa shape index (κ2) is 7.26. The van der Waals surface area contributed by atoms with Gasteiger partial charge in [-0.15, -0.1) is 5.10 Å². The van der Waals surface area contributed by atoms with Crippen LogP contribution in [0.15, 0.2) is 6.20 Å². The number of hydrogen-bond acceptors (Lipinski definition) is 4. The molecule has 102 valence electrons. The van der Waals surface area contributed by atoms with Crippen LogP contribution in [0.4, 0.5) is 0 Å². The van der Waals surface area contributed by atoms with Crippen LogP contribution in [0.2, 0.25) is 0 Å². The van der Waals surface area contributed by atoms with Crippen LogP contribution in [0, 0.1) is 5.92 Å². The molecule has 18 heavy (non-hydrogen) atoms. The van der Waals surface area contributed by atoms with Gasteiger partial charge in [0.15, 0.2) is 0 Å². The molecule has 0 spiro atoms. The summed E-state index contributed by atoms with van der Waals surface area (Å²) in [6, 6.07) is 0.350. The number of carbonyl (C=O) groups is 1. The third-order valence-corrected chi connectivity index (χ3v) is 2.84. The normalized spacial score (nSPS) is 11.4. The van der Waals surface area contributed by atoms with Crippen molar-refractivity contribution in [1.82, 2.24) is 20.3 Å². The van der Waals surface area contributed by atoms with E-state index in [-0.39, 0.29) is 5.92 Å². The van der Waals surface area contributed by atoms with Gasteiger partial charge in [0.25, 0.3) is 0 Å². The van der Waals surface area contributed by atoms with Crippen LogP contribution >= 0.6 is 0 Å². The van der Waals surface area contributed by atoms with E-state index in [0.717, 1.165) is 25.2 Å². The van der Waals surface area contributed by atoms with Crippen LogP contribution < -0.4 is 5.32 Å². The summed E-state index contributed by atoms with van der Waals surface area (Å²) in [5.41, 5.74) is 0.992. The molecule has 1 N–H and O–H groups in total. The summed E-state index contributed by atoms with van der Waals surface area (Å²) >= 11 is 0. The Kier molecular flexibility index (Phi) is 5.98. The maximum Gasteiger partial charge on any atom is 0.136 e. The molecular formula is C13H24N4O. The van der Waals surface area contributed by atoms with E-state index in [1.54, 1.807) is 0 Å². The number of hydrogen-bond donors (Lipinski definition) is 1. The van der Waals surface area contributed by atoms with Crippen molar-refractivity contribution in [3.8, 4) is 0 Å². The smallest absolute Gasteiger partial charge is 0.136 e. The number of Topliss-reactive ketones (excluding diaryl/α,β-unsaturated/α-hetero) is 1. The fourth-order valence-corrected chi connectivity index (χ4v) is 1.52. The second-order valence-electron chi connectivity index (χ2n) is 5.15. The van der Waals surface area contributed by atoms with Gasteiger partial charge >= 0.3 is 0 Å². The maximum absolute atomic E-state index is 11.4. The molecule has 1 aromatic heterocycles. The average molecular weight is 252 g/mol. The van der Waals surface area contributed by atoms with E-state index in [0.29, 0.717) is 18.2 Å². The molecule has 0 aliphatic heterocycles. The minimum absolute atomic E-state index is 0.137. The highest BCUT2D eigenvalue weighted by molar-refractivity contribution is 5.80. The van der Waals surface area contributed by atoms with Gasteiger partial charge in [-0.3, -0.25) is 4.79 Å².